The van der Waals surface area contributed by atoms with Gasteiger partial charge in [-0.05, 0) is 55.0 Å². The number of anilines is 2. The molecule has 3 rings (SSSR count). The second-order valence-corrected chi connectivity index (χ2v) is 7.55. The lowest BCUT2D eigenvalue weighted by atomic mass is 10.1. The number of thiocarbonyl (C=S) groups is 1. The van der Waals surface area contributed by atoms with Crippen LogP contribution >= 0.6 is 23.6 Å². The molecule has 0 aliphatic heterocycles. The summed E-state index contributed by atoms with van der Waals surface area (Å²) in [5, 5.41) is 6.40. The van der Waals surface area contributed by atoms with E-state index >= 15 is 0 Å². The van der Waals surface area contributed by atoms with Crippen LogP contribution in [-0.4, -0.2) is 17.7 Å². The monoisotopic (exact) mass is 450 g/mol. The summed E-state index contributed by atoms with van der Waals surface area (Å²) in [6, 6.07) is 15.7. The fourth-order valence-electron chi connectivity index (χ4n) is 2.60. The van der Waals surface area contributed by atoms with Crippen molar-refractivity contribution in [3.63, 3.8) is 0 Å². The number of carbonyl (C=O) groups is 1. The number of carbonyl (C=O) groups excluding carboxylic acids is 1. The lowest BCUT2D eigenvalue weighted by Crippen LogP contribution is -2.20. The van der Waals surface area contributed by atoms with E-state index in [2.05, 4.69) is 10.6 Å². The lowest BCUT2D eigenvalue weighted by molar-refractivity contribution is -0.137. The average molecular weight is 451 g/mol. The topological polar surface area (TPSA) is 50.4 Å². The zero-order valence-corrected chi connectivity index (χ0v) is 17.4. The van der Waals surface area contributed by atoms with E-state index in [1.807, 2.05) is 30.3 Å². The SMILES string of the molecule is CCOC(=O)c1cc(-c2ccccc2)sc1NC(=S)Nc1ccc(C(F)(F)F)cc1. The molecule has 2 N–H and O–H groups in total. The highest BCUT2D eigenvalue weighted by Crippen LogP contribution is 2.36. The van der Waals surface area contributed by atoms with Crippen LogP contribution in [0.1, 0.15) is 22.8 Å². The quantitative estimate of drug-likeness (QED) is 0.347. The summed E-state index contributed by atoms with van der Waals surface area (Å²) >= 11 is 6.59. The molecule has 9 heteroatoms. The predicted octanol–water partition coefficient (Wildman–Crippen LogP) is 6.42. The highest BCUT2D eigenvalue weighted by atomic mass is 32.1. The van der Waals surface area contributed by atoms with Crippen molar-refractivity contribution < 1.29 is 22.7 Å². The minimum Gasteiger partial charge on any atom is -0.462 e. The maximum Gasteiger partial charge on any atom is 0.416 e. The zero-order chi connectivity index (χ0) is 21.7. The summed E-state index contributed by atoms with van der Waals surface area (Å²) in [5.41, 5.74) is 0.903. The summed E-state index contributed by atoms with van der Waals surface area (Å²) in [6.07, 6.45) is -4.41. The number of alkyl halides is 3. The van der Waals surface area contributed by atoms with Gasteiger partial charge in [0.15, 0.2) is 5.11 Å². The Morgan fingerprint density at radius 3 is 2.33 bits per heavy atom. The molecule has 0 unspecified atom stereocenters. The Kier molecular flexibility index (Phi) is 6.73. The smallest absolute Gasteiger partial charge is 0.416 e. The molecule has 1 aromatic heterocycles. The number of thiophene rings is 1. The van der Waals surface area contributed by atoms with E-state index in [0.29, 0.717) is 16.3 Å². The first-order chi connectivity index (χ1) is 14.3. The number of ether oxygens (including phenoxy) is 1. The summed E-state index contributed by atoms with van der Waals surface area (Å²) in [6.45, 7) is 1.94. The number of hydrogen-bond acceptors (Lipinski definition) is 4. The normalized spacial score (nSPS) is 11.1. The third kappa shape index (κ3) is 5.37. The maximum absolute atomic E-state index is 12.7. The molecule has 0 radical (unpaired) electrons. The van der Waals surface area contributed by atoms with E-state index < -0.39 is 17.7 Å². The first kappa shape index (κ1) is 21.8. The van der Waals surface area contributed by atoms with Crippen LogP contribution < -0.4 is 10.6 Å². The molecule has 0 amide bonds. The van der Waals surface area contributed by atoms with Gasteiger partial charge in [0, 0.05) is 10.6 Å². The van der Waals surface area contributed by atoms with E-state index in [1.165, 1.54) is 23.5 Å². The fraction of sp³-hybridized carbons (Fsp3) is 0.143. The number of benzene rings is 2. The van der Waals surface area contributed by atoms with Crippen molar-refractivity contribution >= 4 is 45.3 Å². The van der Waals surface area contributed by atoms with Gasteiger partial charge in [-0.2, -0.15) is 13.2 Å². The van der Waals surface area contributed by atoms with Gasteiger partial charge in [-0.3, -0.25) is 0 Å². The van der Waals surface area contributed by atoms with Gasteiger partial charge in [0.2, 0.25) is 0 Å². The Morgan fingerprint density at radius 2 is 1.73 bits per heavy atom. The highest BCUT2D eigenvalue weighted by Gasteiger charge is 2.30. The van der Waals surface area contributed by atoms with E-state index in [4.69, 9.17) is 17.0 Å². The Labute approximate surface area is 180 Å². The van der Waals surface area contributed by atoms with Crippen LogP contribution in [0, 0.1) is 0 Å². The maximum atomic E-state index is 12.7. The first-order valence-electron chi connectivity index (χ1n) is 8.89. The van der Waals surface area contributed by atoms with Crippen molar-refractivity contribution in [1.29, 1.82) is 0 Å². The van der Waals surface area contributed by atoms with Gasteiger partial charge >= 0.3 is 12.1 Å². The van der Waals surface area contributed by atoms with Gasteiger partial charge in [-0.1, -0.05) is 30.3 Å². The molecule has 0 fully saturated rings. The molecular formula is C21H17F3N2O2S2. The Balaban J connectivity index is 1.79. The van der Waals surface area contributed by atoms with Crippen molar-refractivity contribution in [3.05, 3.63) is 71.8 Å². The molecule has 1 heterocycles. The van der Waals surface area contributed by atoms with Crippen molar-refractivity contribution in [3.8, 4) is 10.4 Å². The third-order valence-corrected chi connectivity index (χ3v) is 5.29. The van der Waals surface area contributed by atoms with Crippen LogP contribution in [0.2, 0.25) is 0 Å². The second kappa shape index (κ2) is 9.27. The van der Waals surface area contributed by atoms with E-state index in [0.717, 1.165) is 22.6 Å². The predicted molar refractivity (Wildman–Crippen MR) is 117 cm³/mol. The Morgan fingerprint density at radius 1 is 1.07 bits per heavy atom. The van der Waals surface area contributed by atoms with Crippen molar-refractivity contribution in [2.75, 3.05) is 17.2 Å². The zero-order valence-electron chi connectivity index (χ0n) is 15.7. The van der Waals surface area contributed by atoms with E-state index in [9.17, 15) is 18.0 Å². The summed E-state index contributed by atoms with van der Waals surface area (Å²) in [4.78, 5) is 13.2. The second-order valence-electron chi connectivity index (χ2n) is 6.09. The van der Waals surface area contributed by atoms with Gasteiger partial charge < -0.3 is 15.4 Å². The minimum absolute atomic E-state index is 0.141. The third-order valence-electron chi connectivity index (χ3n) is 3.98. The highest BCUT2D eigenvalue weighted by molar-refractivity contribution is 7.80. The number of halogens is 3. The fourth-order valence-corrected chi connectivity index (χ4v) is 3.94. The molecule has 0 spiro atoms. The molecule has 0 atom stereocenters. The first-order valence-corrected chi connectivity index (χ1v) is 10.1. The number of esters is 1. The average Bonchev–Trinajstić information content (AvgIpc) is 3.12. The largest absolute Gasteiger partial charge is 0.462 e. The van der Waals surface area contributed by atoms with Crippen LogP contribution in [-0.2, 0) is 10.9 Å². The lowest BCUT2D eigenvalue weighted by Gasteiger charge is -2.12. The molecule has 0 aliphatic carbocycles. The van der Waals surface area contributed by atoms with Crippen molar-refractivity contribution in [2.24, 2.45) is 0 Å². The van der Waals surface area contributed by atoms with Gasteiger partial charge in [-0.25, -0.2) is 4.79 Å². The van der Waals surface area contributed by atoms with Crippen LogP contribution in [0.4, 0.5) is 23.9 Å². The molecule has 2 aromatic carbocycles. The van der Waals surface area contributed by atoms with E-state index in [-0.39, 0.29) is 11.7 Å². The molecule has 0 bridgehead atoms. The Bertz CT molecular complexity index is 1030. The van der Waals surface area contributed by atoms with Crippen LogP contribution in [0.5, 0.6) is 0 Å². The van der Waals surface area contributed by atoms with Gasteiger partial charge in [-0.15, -0.1) is 11.3 Å². The number of rotatable bonds is 5. The van der Waals surface area contributed by atoms with Gasteiger partial charge in [0.25, 0.3) is 0 Å². The summed E-state index contributed by atoms with van der Waals surface area (Å²) in [7, 11) is 0. The standard InChI is InChI=1S/C21H17F3N2O2S2/c1-2-28-19(27)16-12-17(13-6-4-3-5-7-13)30-18(16)26-20(29)25-15-10-8-14(9-11-15)21(22,23)24/h3-12H,2H2,1H3,(H2,25,26,29). The molecule has 0 saturated heterocycles. The van der Waals surface area contributed by atoms with Crippen LogP contribution in [0.3, 0.4) is 0 Å². The summed E-state index contributed by atoms with van der Waals surface area (Å²) in [5.74, 6) is -0.490. The minimum atomic E-state index is -4.41. The number of nitrogens with one attached hydrogen (secondary N) is 2. The molecule has 4 nitrogen and oxygen atoms in total. The van der Waals surface area contributed by atoms with Crippen LogP contribution in [0.15, 0.2) is 60.7 Å². The summed E-state index contributed by atoms with van der Waals surface area (Å²) < 4.78 is 43.2. The molecule has 0 aliphatic rings. The molecule has 0 saturated carbocycles. The van der Waals surface area contributed by atoms with Gasteiger partial charge in [0.1, 0.15) is 5.00 Å². The number of hydrogen-bond donors (Lipinski definition) is 2. The van der Waals surface area contributed by atoms with E-state index in [1.54, 1.807) is 13.0 Å². The van der Waals surface area contributed by atoms with Crippen LogP contribution in [0.25, 0.3) is 10.4 Å². The molecule has 156 valence electrons. The molecule has 30 heavy (non-hydrogen) atoms. The molecule has 3 aromatic rings. The molecular weight excluding hydrogens is 433 g/mol. The van der Waals surface area contributed by atoms with Crippen molar-refractivity contribution in [1.82, 2.24) is 0 Å². The Hall–Kier alpha value is -2.91. The van der Waals surface area contributed by atoms with Gasteiger partial charge in [0.05, 0.1) is 17.7 Å². The van der Waals surface area contributed by atoms with Crippen molar-refractivity contribution in [2.45, 2.75) is 13.1 Å².